The number of hydrogen-bond acceptors (Lipinski definition) is 4. The molecule has 2 aromatic rings. The van der Waals surface area contributed by atoms with E-state index < -0.39 is 0 Å². The second-order valence-electron chi connectivity index (χ2n) is 5.43. The number of aliphatic imine (C=N–C) groups is 2. The first kappa shape index (κ1) is 21.6. The molecule has 138 valence electrons. The molecular formula is C18H16Br4N2O2. The molecule has 0 aromatic heterocycles. The molecule has 8 heteroatoms. The molecule has 0 saturated carbocycles. The van der Waals surface area contributed by atoms with Crippen molar-refractivity contribution in [1.29, 1.82) is 0 Å². The van der Waals surface area contributed by atoms with Gasteiger partial charge in [-0.25, -0.2) is 0 Å². The summed E-state index contributed by atoms with van der Waals surface area (Å²) in [7, 11) is 0. The number of nitrogens with zero attached hydrogens (tertiary/aromatic N) is 2. The van der Waals surface area contributed by atoms with Gasteiger partial charge in [-0.05, 0) is 69.0 Å². The molecule has 0 spiro atoms. The van der Waals surface area contributed by atoms with Crippen LogP contribution in [0.2, 0.25) is 0 Å². The predicted octanol–water partition coefficient (Wildman–Crippen LogP) is 6.47. The van der Waals surface area contributed by atoms with Gasteiger partial charge >= 0.3 is 0 Å². The fourth-order valence-electron chi connectivity index (χ4n) is 2.10. The third-order valence-electron chi connectivity index (χ3n) is 3.40. The number of rotatable bonds is 7. The topological polar surface area (TPSA) is 65.2 Å². The summed E-state index contributed by atoms with van der Waals surface area (Å²) < 4.78 is 3.01. The van der Waals surface area contributed by atoms with Crippen molar-refractivity contribution in [2.24, 2.45) is 9.98 Å². The smallest absolute Gasteiger partial charge is 0.138 e. The number of unbranched alkanes of at least 4 members (excludes halogenated alkanes) is 1. The van der Waals surface area contributed by atoms with Gasteiger partial charge < -0.3 is 10.2 Å². The molecule has 0 heterocycles. The molecule has 2 aromatic carbocycles. The Kier molecular flexibility index (Phi) is 8.79. The van der Waals surface area contributed by atoms with Crippen LogP contribution in [0.15, 0.2) is 52.1 Å². The van der Waals surface area contributed by atoms with Crippen molar-refractivity contribution in [3.05, 3.63) is 53.3 Å². The SMILES string of the molecule is Oc1c(Br)cc(Br)cc1C=NCCCCN=Cc1cc(Br)cc(Br)c1O. The largest absolute Gasteiger partial charge is 0.506 e. The highest BCUT2D eigenvalue weighted by Gasteiger charge is 2.05. The van der Waals surface area contributed by atoms with Gasteiger partial charge in [0.2, 0.25) is 0 Å². The number of phenols is 2. The lowest BCUT2D eigenvalue weighted by atomic mass is 10.2. The maximum atomic E-state index is 9.96. The van der Waals surface area contributed by atoms with Gasteiger partial charge in [-0.1, -0.05) is 31.9 Å². The monoisotopic (exact) mass is 608 g/mol. The lowest BCUT2D eigenvalue weighted by Crippen LogP contribution is -1.90. The molecule has 0 radical (unpaired) electrons. The Bertz CT molecular complexity index is 769. The van der Waals surface area contributed by atoms with Crippen LogP contribution in [0.1, 0.15) is 24.0 Å². The Hall–Kier alpha value is -0.700. The minimum absolute atomic E-state index is 0.182. The van der Waals surface area contributed by atoms with E-state index in [0.717, 1.165) is 21.8 Å². The van der Waals surface area contributed by atoms with Crippen LogP contribution in [0.4, 0.5) is 0 Å². The summed E-state index contributed by atoms with van der Waals surface area (Å²) in [5, 5.41) is 19.9. The number of halogens is 4. The zero-order valence-electron chi connectivity index (χ0n) is 13.6. The predicted molar refractivity (Wildman–Crippen MR) is 121 cm³/mol. The van der Waals surface area contributed by atoms with Gasteiger partial charge in [-0.15, -0.1) is 0 Å². The quantitative estimate of drug-likeness (QED) is 0.279. The van der Waals surface area contributed by atoms with E-state index in [2.05, 4.69) is 73.7 Å². The first-order valence-electron chi connectivity index (χ1n) is 7.74. The van der Waals surface area contributed by atoms with Crippen molar-refractivity contribution in [1.82, 2.24) is 0 Å². The summed E-state index contributed by atoms with van der Waals surface area (Å²) >= 11 is 13.4. The van der Waals surface area contributed by atoms with Crippen molar-refractivity contribution in [3.63, 3.8) is 0 Å². The van der Waals surface area contributed by atoms with Crippen LogP contribution in [0.3, 0.4) is 0 Å². The molecule has 26 heavy (non-hydrogen) atoms. The molecule has 4 nitrogen and oxygen atoms in total. The highest BCUT2D eigenvalue weighted by molar-refractivity contribution is 9.11. The maximum Gasteiger partial charge on any atom is 0.138 e. The Morgan fingerprint density at radius 1 is 0.692 bits per heavy atom. The van der Waals surface area contributed by atoms with Gasteiger partial charge in [0.05, 0.1) is 8.95 Å². The lowest BCUT2D eigenvalue weighted by Gasteiger charge is -2.03. The van der Waals surface area contributed by atoms with Gasteiger partial charge in [-0.3, -0.25) is 9.98 Å². The molecule has 0 bridgehead atoms. The Labute approximate surface area is 186 Å². The number of aromatic hydroxyl groups is 2. The second-order valence-corrected chi connectivity index (χ2v) is 8.97. The minimum atomic E-state index is 0.182. The standard InChI is InChI=1S/C18H16Br4N2O2/c19-13-5-11(17(25)15(21)7-13)9-23-3-1-2-4-24-10-12-6-14(20)8-16(22)18(12)26/h5-10,25-26H,1-4H2. The Morgan fingerprint density at radius 2 is 1.08 bits per heavy atom. The summed E-state index contributed by atoms with van der Waals surface area (Å²) in [5.74, 6) is 0.364. The van der Waals surface area contributed by atoms with Crippen molar-refractivity contribution in [2.45, 2.75) is 12.8 Å². The van der Waals surface area contributed by atoms with E-state index in [-0.39, 0.29) is 11.5 Å². The van der Waals surface area contributed by atoms with Gasteiger partial charge in [0.1, 0.15) is 11.5 Å². The van der Waals surface area contributed by atoms with Crippen LogP contribution < -0.4 is 0 Å². The van der Waals surface area contributed by atoms with Crippen LogP contribution >= 0.6 is 63.7 Å². The summed E-state index contributed by atoms with van der Waals surface area (Å²) in [4.78, 5) is 8.69. The maximum absolute atomic E-state index is 9.96. The van der Waals surface area contributed by atoms with Crippen molar-refractivity contribution in [2.75, 3.05) is 13.1 Å². The molecule has 0 unspecified atom stereocenters. The van der Waals surface area contributed by atoms with Gasteiger partial charge in [0, 0.05) is 45.6 Å². The first-order chi connectivity index (χ1) is 12.4. The van der Waals surface area contributed by atoms with Crippen molar-refractivity contribution >= 4 is 76.1 Å². The minimum Gasteiger partial charge on any atom is -0.506 e. The summed E-state index contributed by atoms with van der Waals surface area (Å²) in [5.41, 5.74) is 1.33. The van der Waals surface area contributed by atoms with Crippen LogP contribution in [0.5, 0.6) is 11.5 Å². The lowest BCUT2D eigenvalue weighted by molar-refractivity contribution is 0.470. The number of benzene rings is 2. The van der Waals surface area contributed by atoms with E-state index in [0.29, 0.717) is 33.2 Å². The molecule has 0 aliphatic carbocycles. The van der Waals surface area contributed by atoms with Gasteiger partial charge in [-0.2, -0.15) is 0 Å². The second kappa shape index (κ2) is 10.6. The van der Waals surface area contributed by atoms with Crippen LogP contribution in [-0.4, -0.2) is 35.7 Å². The molecule has 2 N–H and O–H groups in total. The molecule has 0 atom stereocenters. The summed E-state index contributed by atoms with van der Waals surface area (Å²) in [6, 6.07) is 7.20. The number of hydrogen-bond donors (Lipinski definition) is 2. The Balaban J connectivity index is 1.78. The van der Waals surface area contributed by atoms with E-state index >= 15 is 0 Å². The van der Waals surface area contributed by atoms with Crippen molar-refractivity contribution < 1.29 is 10.2 Å². The van der Waals surface area contributed by atoms with Crippen LogP contribution in [-0.2, 0) is 0 Å². The van der Waals surface area contributed by atoms with Crippen LogP contribution in [0, 0.1) is 0 Å². The molecule has 0 saturated heterocycles. The molecular weight excluding hydrogens is 596 g/mol. The third kappa shape index (κ3) is 6.48. The highest BCUT2D eigenvalue weighted by Crippen LogP contribution is 2.31. The average Bonchev–Trinajstić information content (AvgIpc) is 2.58. The fraction of sp³-hybridized carbons (Fsp3) is 0.222. The van der Waals surface area contributed by atoms with Crippen LogP contribution in [0.25, 0.3) is 0 Å². The van der Waals surface area contributed by atoms with E-state index in [1.165, 1.54) is 0 Å². The van der Waals surface area contributed by atoms with E-state index in [4.69, 9.17) is 0 Å². The van der Waals surface area contributed by atoms with Crippen molar-refractivity contribution in [3.8, 4) is 11.5 Å². The van der Waals surface area contributed by atoms with E-state index in [1.807, 2.05) is 12.1 Å². The third-order valence-corrected chi connectivity index (χ3v) is 5.53. The molecule has 0 aliphatic heterocycles. The fourth-order valence-corrected chi connectivity index (χ4v) is 4.62. The van der Waals surface area contributed by atoms with Gasteiger partial charge in [0.15, 0.2) is 0 Å². The average molecular weight is 612 g/mol. The zero-order valence-corrected chi connectivity index (χ0v) is 19.9. The molecule has 0 fully saturated rings. The number of phenolic OH excluding ortho intramolecular Hbond substituents is 2. The zero-order chi connectivity index (χ0) is 19.1. The summed E-state index contributed by atoms with van der Waals surface area (Å²) in [6.45, 7) is 1.32. The normalized spacial score (nSPS) is 11.7. The van der Waals surface area contributed by atoms with E-state index in [9.17, 15) is 10.2 Å². The molecule has 0 amide bonds. The molecule has 2 rings (SSSR count). The van der Waals surface area contributed by atoms with Gasteiger partial charge in [0.25, 0.3) is 0 Å². The van der Waals surface area contributed by atoms with E-state index in [1.54, 1.807) is 24.6 Å². The molecule has 0 aliphatic rings. The summed E-state index contributed by atoms with van der Waals surface area (Å²) in [6.07, 6.45) is 5.12. The Morgan fingerprint density at radius 3 is 1.46 bits per heavy atom. The first-order valence-corrected chi connectivity index (χ1v) is 10.9. The highest BCUT2D eigenvalue weighted by atomic mass is 79.9.